The number of carbonyl (C=O) groups is 1. The minimum atomic E-state index is -0.0771. The highest BCUT2D eigenvalue weighted by Gasteiger charge is 2.59. The quantitative estimate of drug-likeness (QED) is 0.660. The Hall–Kier alpha value is -0.860. The molecule has 2 atom stereocenters. The van der Waals surface area contributed by atoms with Gasteiger partial charge < -0.3 is 0 Å². The number of fused-ring (bicyclic) bond motifs is 2. The molecule has 2 aliphatic carbocycles. The summed E-state index contributed by atoms with van der Waals surface area (Å²) in [6.07, 6.45) is 3.58. The number of hydrogen-bond donors (Lipinski definition) is 1. The Kier molecular flexibility index (Phi) is 2.18. The van der Waals surface area contributed by atoms with Gasteiger partial charge in [0.1, 0.15) is 0 Å². The highest BCUT2D eigenvalue weighted by atomic mass is 16.2. The molecular weight excluding hydrogens is 188 g/mol. The van der Waals surface area contributed by atoms with Crippen molar-refractivity contribution in [3.63, 3.8) is 0 Å². The smallest absolute Gasteiger partial charge is 0.236 e. The first-order valence-electron chi connectivity index (χ1n) is 5.71. The lowest BCUT2D eigenvalue weighted by Crippen LogP contribution is -2.34. The lowest BCUT2D eigenvalue weighted by atomic mass is 9.70. The molecule has 84 valence electrons. The molecule has 1 N–H and O–H groups in total. The summed E-state index contributed by atoms with van der Waals surface area (Å²) in [5, 5.41) is 4.29. The van der Waals surface area contributed by atoms with Crippen LogP contribution in [0.25, 0.3) is 0 Å². The lowest BCUT2D eigenvalue weighted by Gasteiger charge is -2.34. The van der Waals surface area contributed by atoms with Gasteiger partial charge in [-0.3, -0.25) is 4.79 Å². The molecule has 0 spiro atoms. The molecule has 0 unspecified atom stereocenters. The van der Waals surface area contributed by atoms with Crippen LogP contribution in [0.5, 0.6) is 0 Å². The van der Waals surface area contributed by atoms with E-state index in [0.717, 1.165) is 12.3 Å². The molecule has 0 heterocycles. The lowest BCUT2D eigenvalue weighted by molar-refractivity contribution is -0.118. The van der Waals surface area contributed by atoms with E-state index in [9.17, 15) is 4.79 Å². The molecular formula is C12H20N2O. The summed E-state index contributed by atoms with van der Waals surface area (Å²) in [5.41, 5.74) is 4.31. The van der Waals surface area contributed by atoms with Crippen molar-refractivity contribution < 1.29 is 4.79 Å². The summed E-state index contributed by atoms with van der Waals surface area (Å²) in [4.78, 5) is 10.9. The van der Waals surface area contributed by atoms with Crippen LogP contribution in [0.15, 0.2) is 5.10 Å². The number of hydrogen-bond acceptors (Lipinski definition) is 2. The molecule has 0 saturated heterocycles. The zero-order valence-electron chi connectivity index (χ0n) is 10.1. The Morgan fingerprint density at radius 2 is 2.13 bits per heavy atom. The van der Waals surface area contributed by atoms with Crippen molar-refractivity contribution in [3.8, 4) is 0 Å². The monoisotopic (exact) mass is 208 g/mol. The molecule has 2 fully saturated rings. The number of nitrogens with one attached hydrogen (secondary N) is 1. The standard InChI is InChI=1S/C12H20N2O/c1-8(15)13-14-10-7-9-5-6-12(10,4)11(9,2)3/h9H,5-7H2,1-4H3,(H,13,15)/b14-10-/t9-,12+/m0/s1. The first kappa shape index (κ1) is 10.7. The number of carbonyl (C=O) groups excluding carboxylic acids is 1. The third-order valence-electron chi connectivity index (χ3n) is 4.86. The molecule has 0 radical (unpaired) electrons. The topological polar surface area (TPSA) is 41.5 Å². The third kappa shape index (κ3) is 1.32. The van der Waals surface area contributed by atoms with Crippen molar-refractivity contribution in [2.75, 3.05) is 0 Å². The SMILES string of the molecule is CC(=O)N/N=C1/C[C@@H]2CC[C@@]1(C)C2(C)C. The molecule has 2 bridgehead atoms. The summed E-state index contributed by atoms with van der Waals surface area (Å²) in [6.45, 7) is 8.47. The summed E-state index contributed by atoms with van der Waals surface area (Å²) < 4.78 is 0. The molecule has 2 rings (SSSR count). The first-order chi connectivity index (χ1) is 6.88. The van der Waals surface area contributed by atoms with Gasteiger partial charge in [0.2, 0.25) is 5.91 Å². The molecule has 3 heteroatoms. The molecule has 2 aliphatic rings. The summed E-state index contributed by atoms with van der Waals surface area (Å²) in [7, 11) is 0. The highest BCUT2D eigenvalue weighted by Crippen LogP contribution is 2.63. The molecule has 0 aromatic heterocycles. The van der Waals surface area contributed by atoms with Crippen LogP contribution in [0.4, 0.5) is 0 Å². The van der Waals surface area contributed by atoms with Crippen LogP contribution in [-0.4, -0.2) is 11.6 Å². The zero-order valence-corrected chi connectivity index (χ0v) is 10.1. The van der Waals surface area contributed by atoms with Gasteiger partial charge in [-0.15, -0.1) is 0 Å². The van der Waals surface area contributed by atoms with Gasteiger partial charge in [0.25, 0.3) is 0 Å². The molecule has 15 heavy (non-hydrogen) atoms. The van der Waals surface area contributed by atoms with Crippen LogP contribution in [0.1, 0.15) is 47.0 Å². The summed E-state index contributed by atoms with van der Waals surface area (Å²) in [5.74, 6) is 0.668. The number of rotatable bonds is 1. The molecule has 0 aromatic rings. The molecule has 2 saturated carbocycles. The minimum absolute atomic E-state index is 0.0771. The van der Waals surface area contributed by atoms with Gasteiger partial charge in [-0.2, -0.15) is 5.10 Å². The summed E-state index contributed by atoms with van der Waals surface area (Å²) >= 11 is 0. The van der Waals surface area contributed by atoms with Crippen LogP contribution in [0.2, 0.25) is 0 Å². The van der Waals surface area contributed by atoms with E-state index in [1.165, 1.54) is 25.5 Å². The average molecular weight is 208 g/mol. The van der Waals surface area contributed by atoms with Crippen molar-refractivity contribution in [1.29, 1.82) is 0 Å². The third-order valence-corrected chi connectivity index (χ3v) is 4.86. The van der Waals surface area contributed by atoms with Crippen LogP contribution in [0.3, 0.4) is 0 Å². The van der Waals surface area contributed by atoms with Gasteiger partial charge in [-0.1, -0.05) is 20.8 Å². The van der Waals surface area contributed by atoms with E-state index < -0.39 is 0 Å². The maximum Gasteiger partial charge on any atom is 0.236 e. The fourth-order valence-corrected chi connectivity index (χ4v) is 3.24. The fraction of sp³-hybridized carbons (Fsp3) is 0.833. The second-order valence-electron chi connectivity index (χ2n) is 5.72. The predicted octanol–water partition coefficient (Wildman–Crippen LogP) is 2.32. The van der Waals surface area contributed by atoms with Gasteiger partial charge in [0.15, 0.2) is 0 Å². The Morgan fingerprint density at radius 1 is 1.47 bits per heavy atom. The Balaban J connectivity index is 2.26. The van der Waals surface area contributed by atoms with E-state index in [1.54, 1.807) is 0 Å². The van der Waals surface area contributed by atoms with E-state index in [0.29, 0.717) is 5.41 Å². The van der Waals surface area contributed by atoms with Gasteiger partial charge >= 0.3 is 0 Å². The Morgan fingerprint density at radius 3 is 2.53 bits per heavy atom. The van der Waals surface area contributed by atoms with Gasteiger partial charge in [0, 0.05) is 18.1 Å². The van der Waals surface area contributed by atoms with Crippen LogP contribution in [0, 0.1) is 16.7 Å². The van der Waals surface area contributed by atoms with Crippen LogP contribution in [-0.2, 0) is 4.79 Å². The van der Waals surface area contributed by atoms with E-state index in [-0.39, 0.29) is 11.3 Å². The maximum absolute atomic E-state index is 10.9. The fourth-order valence-electron chi connectivity index (χ4n) is 3.24. The average Bonchev–Trinajstić information content (AvgIpc) is 2.46. The first-order valence-corrected chi connectivity index (χ1v) is 5.71. The van der Waals surface area contributed by atoms with Gasteiger partial charge in [-0.25, -0.2) is 5.43 Å². The van der Waals surface area contributed by atoms with Crippen LogP contribution < -0.4 is 5.43 Å². The van der Waals surface area contributed by atoms with Gasteiger partial charge in [0.05, 0.1) is 0 Å². The van der Waals surface area contributed by atoms with Crippen molar-refractivity contribution in [3.05, 3.63) is 0 Å². The number of nitrogens with zero attached hydrogens (tertiary/aromatic N) is 1. The van der Waals surface area contributed by atoms with E-state index in [4.69, 9.17) is 0 Å². The second kappa shape index (κ2) is 3.06. The molecule has 3 nitrogen and oxygen atoms in total. The second-order valence-corrected chi connectivity index (χ2v) is 5.72. The van der Waals surface area contributed by atoms with Gasteiger partial charge in [-0.05, 0) is 30.6 Å². The largest absolute Gasteiger partial charge is 0.274 e. The van der Waals surface area contributed by atoms with Crippen molar-refractivity contribution in [2.45, 2.75) is 47.0 Å². The summed E-state index contributed by atoms with van der Waals surface area (Å²) in [6, 6.07) is 0. The highest BCUT2D eigenvalue weighted by molar-refractivity contribution is 5.94. The van der Waals surface area contributed by atoms with Crippen molar-refractivity contribution in [1.82, 2.24) is 5.43 Å². The molecule has 1 amide bonds. The maximum atomic E-state index is 10.9. The van der Waals surface area contributed by atoms with E-state index in [1.807, 2.05) is 0 Å². The predicted molar refractivity (Wildman–Crippen MR) is 60.5 cm³/mol. The van der Waals surface area contributed by atoms with E-state index in [2.05, 4.69) is 31.3 Å². The molecule has 0 aliphatic heterocycles. The van der Waals surface area contributed by atoms with Crippen molar-refractivity contribution >= 4 is 11.6 Å². The molecule has 0 aromatic carbocycles. The number of hydrazone groups is 1. The minimum Gasteiger partial charge on any atom is -0.274 e. The number of amides is 1. The Labute approximate surface area is 91.3 Å². The zero-order chi connectivity index (χ0) is 11.3. The van der Waals surface area contributed by atoms with E-state index >= 15 is 0 Å². The Bertz CT molecular complexity index is 333. The normalized spacial score (nSPS) is 39.7. The van der Waals surface area contributed by atoms with Crippen molar-refractivity contribution in [2.24, 2.45) is 21.8 Å². The van der Waals surface area contributed by atoms with Crippen LogP contribution >= 0.6 is 0 Å².